The lowest BCUT2D eigenvalue weighted by molar-refractivity contribution is 0.217. The first-order valence-electron chi connectivity index (χ1n) is 15.4. The first-order valence-corrected chi connectivity index (χ1v) is 15.4. The van der Waals surface area contributed by atoms with Crippen molar-refractivity contribution in [1.82, 2.24) is 9.97 Å². The highest BCUT2D eigenvalue weighted by Gasteiger charge is 2.20. The van der Waals surface area contributed by atoms with Crippen molar-refractivity contribution < 1.29 is 9.47 Å². The summed E-state index contributed by atoms with van der Waals surface area (Å²) in [6.07, 6.45) is 12.8. The minimum Gasteiger partial charge on any atom is -0.490 e. The number of hydrazone groups is 1. The van der Waals surface area contributed by atoms with Crippen molar-refractivity contribution >= 4 is 23.8 Å². The number of unbranched alkanes of at least 4 members (excludes halogenated alkanes) is 3. The van der Waals surface area contributed by atoms with Crippen molar-refractivity contribution in [2.24, 2.45) is 5.10 Å². The van der Waals surface area contributed by atoms with Gasteiger partial charge in [-0.25, -0.2) is 0 Å². The van der Waals surface area contributed by atoms with Crippen molar-refractivity contribution in [2.45, 2.75) is 64.7 Å². The molecule has 3 aromatic rings. The lowest BCUT2D eigenvalue weighted by Crippen LogP contribution is -2.24. The van der Waals surface area contributed by atoms with E-state index >= 15 is 0 Å². The molecule has 0 unspecified atom stereocenters. The van der Waals surface area contributed by atoms with Crippen LogP contribution in [0.2, 0.25) is 0 Å². The number of aryl methyl sites for hydroxylation is 1. The van der Waals surface area contributed by atoms with Crippen LogP contribution in [0.15, 0.2) is 59.7 Å². The maximum Gasteiger partial charge on any atom is 0.229 e. The second-order valence-electron chi connectivity index (χ2n) is 10.9. The average molecular weight is 557 g/mol. The van der Waals surface area contributed by atoms with E-state index in [9.17, 15) is 0 Å². The van der Waals surface area contributed by atoms with E-state index in [1.54, 1.807) is 6.21 Å². The summed E-state index contributed by atoms with van der Waals surface area (Å²) >= 11 is 0. The smallest absolute Gasteiger partial charge is 0.229 e. The molecule has 1 aromatic heterocycles. The van der Waals surface area contributed by atoms with Crippen molar-refractivity contribution in [3.05, 3.63) is 65.7 Å². The van der Waals surface area contributed by atoms with Crippen LogP contribution in [0, 0.1) is 0 Å². The predicted molar refractivity (Wildman–Crippen MR) is 168 cm³/mol. The Labute approximate surface area is 244 Å². The van der Waals surface area contributed by atoms with Crippen LogP contribution in [-0.2, 0) is 6.42 Å². The van der Waals surface area contributed by atoms with Crippen LogP contribution in [0.4, 0.5) is 17.6 Å². The molecule has 41 heavy (non-hydrogen) atoms. The highest BCUT2D eigenvalue weighted by molar-refractivity contribution is 5.84. The van der Waals surface area contributed by atoms with Crippen LogP contribution in [-0.4, -0.2) is 55.6 Å². The Balaban J connectivity index is 1.13. The molecule has 0 spiro atoms. The van der Waals surface area contributed by atoms with Crippen LogP contribution in [0.5, 0.6) is 11.5 Å². The summed E-state index contributed by atoms with van der Waals surface area (Å²) in [6.45, 7) is 7.25. The fraction of sp³-hybridized carbons (Fsp3) is 0.485. The number of nitrogens with zero attached hydrogens (tertiary/aromatic N) is 5. The molecule has 0 atom stereocenters. The zero-order chi connectivity index (χ0) is 28.1. The molecular formula is C33H44N6O2. The minimum absolute atomic E-state index is 0.446. The van der Waals surface area contributed by atoms with Gasteiger partial charge < -0.3 is 19.3 Å². The number of ether oxygens (including phenoxy) is 2. The second-order valence-corrected chi connectivity index (χ2v) is 10.9. The summed E-state index contributed by atoms with van der Waals surface area (Å²) in [7, 11) is 0. The minimum atomic E-state index is 0.446. The predicted octanol–water partition coefficient (Wildman–Crippen LogP) is 6.70. The van der Waals surface area contributed by atoms with Gasteiger partial charge in [-0.05, 0) is 68.4 Å². The van der Waals surface area contributed by atoms with Gasteiger partial charge in [0, 0.05) is 37.8 Å². The van der Waals surface area contributed by atoms with E-state index in [2.05, 4.69) is 51.5 Å². The third-order valence-corrected chi connectivity index (χ3v) is 7.67. The van der Waals surface area contributed by atoms with Gasteiger partial charge in [-0.2, -0.15) is 15.1 Å². The summed E-state index contributed by atoms with van der Waals surface area (Å²) in [5.41, 5.74) is 5.40. The number of benzene rings is 2. The third-order valence-electron chi connectivity index (χ3n) is 7.67. The zero-order valence-electron chi connectivity index (χ0n) is 24.4. The van der Waals surface area contributed by atoms with E-state index in [1.807, 2.05) is 30.3 Å². The molecule has 218 valence electrons. The Kier molecular flexibility index (Phi) is 10.7. The van der Waals surface area contributed by atoms with Crippen molar-refractivity contribution in [3.8, 4) is 11.5 Å². The molecule has 2 aliphatic heterocycles. The molecule has 8 nitrogen and oxygen atoms in total. The van der Waals surface area contributed by atoms with E-state index in [0.29, 0.717) is 19.0 Å². The Morgan fingerprint density at radius 1 is 0.829 bits per heavy atom. The summed E-state index contributed by atoms with van der Waals surface area (Å²) in [4.78, 5) is 14.3. The van der Waals surface area contributed by atoms with E-state index < -0.39 is 0 Å². The van der Waals surface area contributed by atoms with Crippen molar-refractivity contribution in [2.75, 3.05) is 54.6 Å². The van der Waals surface area contributed by atoms with Crippen LogP contribution < -0.4 is 24.7 Å². The maximum absolute atomic E-state index is 6.05. The number of hydrogen-bond acceptors (Lipinski definition) is 8. The summed E-state index contributed by atoms with van der Waals surface area (Å²) < 4.78 is 12.0. The molecule has 0 radical (unpaired) electrons. The largest absolute Gasteiger partial charge is 0.490 e. The molecule has 2 aliphatic rings. The molecule has 2 fully saturated rings. The quantitative estimate of drug-likeness (QED) is 0.127. The van der Waals surface area contributed by atoms with Gasteiger partial charge in [0.1, 0.15) is 30.5 Å². The molecule has 0 amide bonds. The first-order chi connectivity index (χ1) is 20.3. The van der Waals surface area contributed by atoms with E-state index in [4.69, 9.17) is 19.4 Å². The average Bonchev–Trinajstić information content (AvgIpc) is 3.75. The van der Waals surface area contributed by atoms with Gasteiger partial charge in [0.2, 0.25) is 5.95 Å². The summed E-state index contributed by atoms with van der Waals surface area (Å²) in [6, 6.07) is 18.3. The van der Waals surface area contributed by atoms with Gasteiger partial charge in [0.15, 0.2) is 5.82 Å². The summed E-state index contributed by atoms with van der Waals surface area (Å²) in [5, 5.41) is 4.51. The van der Waals surface area contributed by atoms with E-state index in [0.717, 1.165) is 61.4 Å². The Bertz CT molecular complexity index is 1200. The molecule has 8 heteroatoms. The fourth-order valence-corrected chi connectivity index (χ4v) is 5.35. The monoisotopic (exact) mass is 556 g/mol. The van der Waals surface area contributed by atoms with Crippen LogP contribution >= 0.6 is 0 Å². The number of rotatable bonds is 15. The van der Waals surface area contributed by atoms with Gasteiger partial charge in [-0.3, -0.25) is 5.43 Å². The third kappa shape index (κ3) is 8.59. The lowest BCUT2D eigenvalue weighted by atomic mass is 10.1. The second kappa shape index (κ2) is 15.3. The highest BCUT2D eigenvalue weighted by atomic mass is 16.5. The van der Waals surface area contributed by atoms with Crippen molar-refractivity contribution in [3.63, 3.8) is 0 Å². The van der Waals surface area contributed by atoms with Crippen molar-refractivity contribution in [1.29, 1.82) is 0 Å². The number of para-hydroxylation sites is 1. The normalized spacial score (nSPS) is 15.1. The van der Waals surface area contributed by atoms with Gasteiger partial charge in [-0.15, -0.1) is 0 Å². The van der Waals surface area contributed by atoms with Crippen LogP contribution in [0.1, 0.15) is 69.4 Å². The molecule has 0 aliphatic carbocycles. The standard InChI is InChI=1S/C33H44N6O2/c1-2-3-4-5-12-27-15-17-29(18-16-27)40-23-24-41-30-14-7-6-13-28(30)26-34-37-31-25-32(38-19-8-9-20-38)36-33(35-31)39-21-10-11-22-39/h6-7,13-18,25-26H,2-5,8-12,19-24H2,1H3,(H,35,36,37). The SMILES string of the molecule is CCCCCCc1ccc(OCCOc2ccccc2C=NNc2cc(N3CCCC3)nc(N3CCCC3)n2)cc1. The van der Waals surface area contributed by atoms with E-state index in [-0.39, 0.29) is 0 Å². The van der Waals surface area contributed by atoms with Gasteiger partial charge in [0.05, 0.1) is 6.21 Å². The van der Waals surface area contributed by atoms with Gasteiger partial charge >= 0.3 is 0 Å². The van der Waals surface area contributed by atoms with Crippen LogP contribution in [0.25, 0.3) is 0 Å². The number of hydrogen-bond donors (Lipinski definition) is 1. The molecule has 0 saturated carbocycles. The Morgan fingerprint density at radius 2 is 1.56 bits per heavy atom. The molecule has 2 aromatic carbocycles. The number of anilines is 3. The number of aromatic nitrogens is 2. The Hall–Kier alpha value is -3.81. The first kappa shape index (κ1) is 28.7. The molecule has 1 N–H and O–H groups in total. The zero-order valence-corrected chi connectivity index (χ0v) is 24.4. The van der Waals surface area contributed by atoms with Gasteiger partial charge in [-0.1, -0.05) is 50.5 Å². The summed E-state index contributed by atoms with van der Waals surface area (Å²) in [5.74, 6) is 4.11. The molecule has 5 rings (SSSR count). The lowest BCUT2D eigenvalue weighted by Gasteiger charge is -2.21. The maximum atomic E-state index is 6.05. The van der Waals surface area contributed by atoms with Gasteiger partial charge in [0.25, 0.3) is 0 Å². The molecule has 0 bridgehead atoms. The number of nitrogens with one attached hydrogen (secondary N) is 1. The molecule has 2 saturated heterocycles. The topological polar surface area (TPSA) is 75.1 Å². The van der Waals surface area contributed by atoms with Crippen LogP contribution in [0.3, 0.4) is 0 Å². The molecular weight excluding hydrogens is 512 g/mol. The molecule has 3 heterocycles. The fourth-order valence-electron chi connectivity index (χ4n) is 5.35. The van der Waals surface area contributed by atoms with E-state index in [1.165, 1.54) is 56.9 Å². The highest BCUT2D eigenvalue weighted by Crippen LogP contribution is 2.26. The Morgan fingerprint density at radius 3 is 2.34 bits per heavy atom.